The summed E-state index contributed by atoms with van der Waals surface area (Å²) in [4.78, 5) is 16.0. The zero-order valence-electron chi connectivity index (χ0n) is 13.0. The Balaban J connectivity index is 1.61. The van der Waals surface area contributed by atoms with Crippen molar-refractivity contribution in [2.75, 3.05) is 12.1 Å². The van der Waals surface area contributed by atoms with Crippen LogP contribution in [0, 0.1) is 0 Å². The van der Waals surface area contributed by atoms with Crippen molar-refractivity contribution in [1.29, 1.82) is 0 Å². The summed E-state index contributed by atoms with van der Waals surface area (Å²) in [5.41, 5.74) is -0.281. The Morgan fingerprint density at radius 2 is 2.00 bits per heavy atom. The maximum Gasteiger partial charge on any atom is 0.417 e. The zero-order chi connectivity index (χ0) is 18.0. The van der Waals surface area contributed by atoms with Crippen molar-refractivity contribution in [2.45, 2.75) is 23.4 Å². The molecule has 2 aromatic rings. The molecule has 25 heavy (non-hydrogen) atoms. The summed E-state index contributed by atoms with van der Waals surface area (Å²) in [5, 5.41) is 2.51. The molecule has 0 saturated heterocycles. The molecule has 0 radical (unpaired) electrons. The smallest absolute Gasteiger partial charge is 0.417 e. The van der Waals surface area contributed by atoms with Crippen molar-refractivity contribution in [1.82, 2.24) is 4.98 Å². The number of fused-ring (bicyclic) bond motifs is 1. The molecule has 9 heteroatoms. The van der Waals surface area contributed by atoms with Gasteiger partial charge in [-0.25, -0.2) is 4.98 Å². The van der Waals surface area contributed by atoms with Crippen LogP contribution in [-0.2, 0) is 11.0 Å². The summed E-state index contributed by atoms with van der Waals surface area (Å²) >= 11 is 1.07. The highest BCUT2D eigenvalue weighted by Crippen LogP contribution is 2.34. The summed E-state index contributed by atoms with van der Waals surface area (Å²) in [6.45, 7) is 1.78. The first kappa shape index (κ1) is 17.4. The molecule has 1 N–H and O–H groups in total. The van der Waals surface area contributed by atoms with Gasteiger partial charge in [0.1, 0.15) is 0 Å². The molecule has 0 saturated carbocycles. The summed E-state index contributed by atoms with van der Waals surface area (Å²) in [7, 11) is 0. The third-order valence-corrected chi connectivity index (χ3v) is 4.42. The highest BCUT2D eigenvalue weighted by molar-refractivity contribution is 8.00. The van der Waals surface area contributed by atoms with Gasteiger partial charge in [0.25, 0.3) is 0 Å². The van der Waals surface area contributed by atoms with Crippen molar-refractivity contribution in [3.05, 3.63) is 42.1 Å². The van der Waals surface area contributed by atoms with E-state index in [0.717, 1.165) is 24.0 Å². The van der Waals surface area contributed by atoms with Crippen LogP contribution in [0.25, 0.3) is 0 Å². The fraction of sp³-hybridized carbons (Fsp3) is 0.250. The third-order valence-electron chi connectivity index (χ3n) is 3.37. The molecule has 0 spiro atoms. The molecule has 0 unspecified atom stereocenters. The lowest BCUT2D eigenvalue weighted by Gasteiger charge is -2.12. The number of carbonyl (C=O) groups is 1. The lowest BCUT2D eigenvalue weighted by atomic mass is 10.2. The van der Waals surface area contributed by atoms with E-state index in [1.165, 1.54) is 6.07 Å². The Hall–Kier alpha value is -2.42. The number of benzene rings is 1. The van der Waals surface area contributed by atoms with Gasteiger partial charge in [0.2, 0.25) is 12.7 Å². The number of nitrogens with one attached hydrogen (secondary N) is 1. The van der Waals surface area contributed by atoms with Crippen LogP contribution < -0.4 is 14.8 Å². The molecule has 0 fully saturated rings. The number of rotatable bonds is 4. The van der Waals surface area contributed by atoms with Crippen molar-refractivity contribution in [2.24, 2.45) is 0 Å². The number of anilines is 1. The second-order valence-electron chi connectivity index (χ2n) is 5.20. The van der Waals surface area contributed by atoms with Gasteiger partial charge in [-0.05, 0) is 31.2 Å². The van der Waals surface area contributed by atoms with E-state index in [4.69, 9.17) is 9.47 Å². The van der Waals surface area contributed by atoms with Crippen LogP contribution in [0.5, 0.6) is 11.5 Å². The number of aromatic nitrogens is 1. The second kappa shape index (κ2) is 6.83. The minimum absolute atomic E-state index is 0.137. The normalized spacial score (nSPS) is 14.2. The minimum atomic E-state index is -4.43. The number of hydrogen-bond donors (Lipinski definition) is 1. The Morgan fingerprint density at radius 3 is 2.68 bits per heavy atom. The number of ether oxygens (including phenoxy) is 2. The third kappa shape index (κ3) is 4.16. The highest BCUT2D eigenvalue weighted by Gasteiger charge is 2.30. The van der Waals surface area contributed by atoms with Crippen molar-refractivity contribution < 1.29 is 27.4 Å². The van der Waals surface area contributed by atoms with E-state index in [2.05, 4.69) is 10.3 Å². The molecule has 3 rings (SSSR count). The molecule has 132 valence electrons. The van der Waals surface area contributed by atoms with Gasteiger partial charge < -0.3 is 14.8 Å². The van der Waals surface area contributed by atoms with E-state index < -0.39 is 17.0 Å². The predicted molar refractivity (Wildman–Crippen MR) is 85.8 cm³/mol. The number of pyridine rings is 1. The molecule has 1 aromatic carbocycles. The lowest BCUT2D eigenvalue weighted by Crippen LogP contribution is -2.22. The quantitative estimate of drug-likeness (QED) is 0.826. The molecule has 5 nitrogen and oxygen atoms in total. The minimum Gasteiger partial charge on any atom is -0.454 e. The summed E-state index contributed by atoms with van der Waals surface area (Å²) in [6, 6.07) is 7.20. The van der Waals surface area contributed by atoms with Crippen LogP contribution >= 0.6 is 11.8 Å². The molecule has 1 atom stereocenters. The lowest BCUT2D eigenvalue weighted by molar-refractivity contribution is -0.137. The molecule has 1 amide bonds. The van der Waals surface area contributed by atoms with Gasteiger partial charge in [-0.3, -0.25) is 4.79 Å². The van der Waals surface area contributed by atoms with Gasteiger partial charge >= 0.3 is 6.18 Å². The fourth-order valence-electron chi connectivity index (χ4n) is 2.07. The molecule has 0 bridgehead atoms. The standard InChI is InChI=1S/C16H13F3N2O3S/c1-9(25-14-5-2-10(7-20-14)16(17,18)19)15(22)21-11-3-4-12-13(6-11)24-8-23-12/h2-7,9H,8H2,1H3,(H,21,22)/t9-/m1/s1. The van der Waals surface area contributed by atoms with Crippen LogP contribution in [0.4, 0.5) is 18.9 Å². The first-order valence-corrected chi connectivity index (χ1v) is 8.11. The van der Waals surface area contributed by atoms with Gasteiger partial charge in [-0.15, -0.1) is 0 Å². The second-order valence-corrected chi connectivity index (χ2v) is 6.56. The van der Waals surface area contributed by atoms with Gasteiger partial charge in [0, 0.05) is 18.0 Å². The van der Waals surface area contributed by atoms with E-state index in [9.17, 15) is 18.0 Å². The van der Waals surface area contributed by atoms with E-state index in [1.807, 2.05) is 0 Å². The van der Waals surface area contributed by atoms with E-state index in [-0.39, 0.29) is 12.7 Å². The average Bonchev–Trinajstić information content (AvgIpc) is 3.02. The van der Waals surface area contributed by atoms with Gasteiger partial charge in [0.05, 0.1) is 15.8 Å². The Labute approximate surface area is 145 Å². The number of amides is 1. The molecule has 1 aliphatic heterocycles. The van der Waals surface area contributed by atoms with Crippen LogP contribution in [-0.4, -0.2) is 22.9 Å². The molecule has 2 heterocycles. The monoisotopic (exact) mass is 370 g/mol. The SMILES string of the molecule is C[C@@H](Sc1ccc(C(F)(F)F)cn1)C(=O)Nc1ccc2c(c1)OCO2. The van der Waals surface area contributed by atoms with Crippen LogP contribution in [0.2, 0.25) is 0 Å². The Bertz CT molecular complexity index is 781. The van der Waals surface area contributed by atoms with Gasteiger partial charge in [0.15, 0.2) is 11.5 Å². The average molecular weight is 370 g/mol. The fourth-order valence-corrected chi connectivity index (χ4v) is 2.86. The summed E-state index contributed by atoms with van der Waals surface area (Å²) in [6.07, 6.45) is -3.68. The predicted octanol–water partition coefficient (Wildman–Crippen LogP) is 3.95. The number of nitrogens with zero attached hydrogens (tertiary/aromatic N) is 1. The first-order valence-electron chi connectivity index (χ1n) is 7.23. The largest absolute Gasteiger partial charge is 0.454 e. The molecular formula is C16H13F3N2O3S. The number of hydrogen-bond acceptors (Lipinski definition) is 5. The summed E-state index contributed by atoms with van der Waals surface area (Å²) < 4.78 is 48.0. The maximum absolute atomic E-state index is 12.5. The van der Waals surface area contributed by atoms with E-state index >= 15 is 0 Å². The Morgan fingerprint density at radius 1 is 1.24 bits per heavy atom. The molecular weight excluding hydrogens is 357 g/mol. The van der Waals surface area contributed by atoms with Crippen LogP contribution in [0.15, 0.2) is 41.6 Å². The zero-order valence-corrected chi connectivity index (χ0v) is 13.8. The first-order chi connectivity index (χ1) is 11.8. The number of halogens is 3. The van der Waals surface area contributed by atoms with Crippen molar-refractivity contribution in [3.8, 4) is 11.5 Å². The molecule has 1 aromatic heterocycles. The highest BCUT2D eigenvalue weighted by atomic mass is 32.2. The topological polar surface area (TPSA) is 60.5 Å². The maximum atomic E-state index is 12.5. The van der Waals surface area contributed by atoms with Gasteiger partial charge in [-0.1, -0.05) is 11.8 Å². The molecule has 0 aliphatic carbocycles. The van der Waals surface area contributed by atoms with Crippen molar-refractivity contribution >= 4 is 23.4 Å². The number of alkyl halides is 3. The Kier molecular flexibility index (Phi) is 4.76. The summed E-state index contributed by atoms with van der Waals surface area (Å²) in [5.74, 6) is 0.849. The number of carbonyl (C=O) groups excluding carboxylic acids is 1. The van der Waals surface area contributed by atoms with E-state index in [0.29, 0.717) is 22.2 Å². The van der Waals surface area contributed by atoms with Crippen molar-refractivity contribution in [3.63, 3.8) is 0 Å². The van der Waals surface area contributed by atoms with E-state index in [1.54, 1.807) is 25.1 Å². The molecule has 1 aliphatic rings. The van der Waals surface area contributed by atoms with Gasteiger partial charge in [-0.2, -0.15) is 13.2 Å². The number of thioether (sulfide) groups is 1. The van der Waals surface area contributed by atoms with Crippen LogP contribution in [0.1, 0.15) is 12.5 Å². The van der Waals surface area contributed by atoms with Crippen LogP contribution in [0.3, 0.4) is 0 Å².